The number of aliphatic imine (C=N–C) groups is 1. The van der Waals surface area contributed by atoms with Crippen molar-refractivity contribution < 1.29 is 19.1 Å². The Morgan fingerprint density at radius 3 is 2.58 bits per heavy atom. The van der Waals surface area contributed by atoms with E-state index < -0.39 is 5.97 Å². The maximum Gasteiger partial charge on any atom is 0.337 e. The fraction of sp³-hybridized carbons (Fsp3) is 0.333. The van der Waals surface area contributed by atoms with Crippen molar-refractivity contribution >= 4 is 40.6 Å². The smallest absolute Gasteiger partial charge is 0.337 e. The summed E-state index contributed by atoms with van der Waals surface area (Å²) in [5, 5.41) is 2.81. The summed E-state index contributed by atoms with van der Waals surface area (Å²) >= 11 is 0. The van der Waals surface area contributed by atoms with E-state index in [0.717, 1.165) is 41.8 Å². The molecule has 2 aromatic rings. The predicted molar refractivity (Wildman–Crippen MR) is 119 cm³/mol. The first kappa shape index (κ1) is 20.8. The lowest BCUT2D eigenvalue weighted by Crippen LogP contribution is -2.42. The van der Waals surface area contributed by atoms with Gasteiger partial charge < -0.3 is 15.0 Å². The van der Waals surface area contributed by atoms with E-state index in [4.69, 9.17) is 4.99 Å². The highest BCUT2D eigenvalue weighted by Crippen LogP contribution is 2.39. The number of carbonyl (C=O) groups excluding carboxylic acids is 3. The number of nitrogens with zero attached hydrogens (tertiary/aromatic N) is 2. The molecule has 0 radical (unpaired) electrons. The summed E-state index contributed by atoms with van der Waals surface area (Å²) in [6.45, 7) is 3.90. The van der Waals surface area contributed by atoms with Gasteiger partial charge in [0.25, 0.3) is 0 Å². The molecule has 0 aromatic heterocycles. The van der Waals surface area contributed by atoms with Gasteiger partial charge in [0, 0.05) is 11.4 Å². The molecule has 1 aliphatic heterocycles. The summed E-state index contributed by atoms with van der Waals surface area (Å²) in [7, 11) is 1.32. The van der Waals surface area contributed by atoms with Crippen LogP contribution in [0.3, 0.4) is 0 Å². The van der Waals surface area contributed by atoms with Crippen molar-refractivity contribution in [3.8, 4) is 0 Å². The third-order valence-electron chi connectivity index (χ3n) is 5.93. The Bertz CT molecular complexity index is 1090. The molecule has 1 N–H and O–H groups in total. The second-order valence-electron chi connectivity index (χ2n) is 8.01. The van der Waals surface area contributed by atoms with Gasteiger partial charge in [0.2, 0.25) is 11.8 Å². The number of hydrogen-bond acceptors (Lipinski definition) is 5. The summed E-state index contributed by atoms with van der Waals surface area (Å²) in [5.74, 6) is -1.10. The molecule has 0 spiro atoms. The molecule has 1 aliphatic carbocycles. The third kappa shape index (κ3) is 4.08. The number of carbonyl (C=O) groups is 3. The highest BCUT2D eigenvalue weighted by molar-refractivity contribution is 6.17. The molecule has 0 bridgehead atoms. The predicted octanol–water partition coefficient (Wildman–Crippen LogP) is 3.95. The normalized spacial score (nSPS) is 17.4. The van der Waals surface area contributed by atoms with Gasteiger partial charge in [-0.1, -0.05) is 0 Å². The minimum absolute atomic E-state index is 0.0746. The van der Waals surface area contributed by atoms with Crippen LogP contribution in [0.15, 0.2) is 41.4 Å². The second-order valence-corrected chi connectivity index (χ2v) is 8.01. The monoisotopic (exact) mass is 419 g/mol. The van der Waals surface area contributed by atoms with E-state index in [2.05, 4.69) is 10.1 Å². The topological polar surface area (TPSA) is 88.1 Å². The zero-order valence-electron chi connectivity index (χ0n) is 17.9. The van der Waals surface area contributed by atoms with Crippen molar-refractivity contribution in [2.24, 2.45) is 10.9 Å². The molecular weight excluding hydrogens is 394 g/mol. The molecule has 1 fully saturated rings. The number of esters is 1. The van der Waals surface area contributed by atoms with Crippen LogP contribution < -0.4 is 10.2 Å². The van der Waals surface area contributed by atoms with Gasteiger partial charge in [-0.15, -0.1) is 0 Å². The quantitative estimate of drug-likeness (QED) is 0.760. The van der Waals surface area contributed by atoms with E-state index in [9.17, 15) is 14.4 Å². The molecule has 1 unspecified atom stereocenters. The van der Waals surface area contributed by atoms with Crippen LogP contribution in [-0.2, 0) is 14.3 Å². The maximum absolute atomic E-state index is 13.3. The van der Waals surface area contributed by atoms with Crippen molar-refractivity contribution in [1.82, 2.24) is 0 Å². The first-order valence-corrected chi connectivity index (χ1v) is 10.4. The summed E-state index contributed by atoms with van der Waals surface area (Å²) in [6.07, 6.45) is 2.51. The van der Waals surface area contributed by atoms with Gasteiger partial charge in [0.05, 0.1) is 30.0 Å². The average molecular weight is 419 g/mol. The number of benzene rings is 2. The second kappa shape index (κ2) is 8.34. The number of methoxy groups -OCH3 is 1. The molecule has 2 aliphatic rings. The Labute approximate surface area is 181 Å². The molecule has 31 heavy (non-hydrogen) atoms. The molecule has 7 heteroatoms. The van der Waals surface area contributed by atoms with Gasteiger partial charge in [-0.3, -0.25) is 14.6 Å². The standard InChI is InChI=1S/C24H25N3O4/c1-14-11-20-21(12-15(14)2)27(23(29)18-5-4-6-19(18)26-20)13-22(28)25-17-9-7-16(8-10-17)24(30)31-3/h7-12,18H,4-6,13H2,1-3H3,(H,25,28). The summed E-state index contributed by atoms with van der Waals surface area (Å²) < 4.78 is 4.69. The highest BCUT2D eigenvalue weighted by Gasteiger charge is 2.37. The van der Waals surface area contributed by atoms with Gasteiger partial charge in [0.1, 0.15) is 6.54 Å². The number of rotatable bonds is 4. The van der Waals surface area contributed by atoms with Gasteiger partial charge in [-0.05, 0) is 80.6 Å². The Balaban J connectivity index is 1.58. The SMILES string of the molecule is COC(=O)c1ccc(NC(=O)CN2C(=O)C3CCCC3=Nc3cc(C)c(C)cc32)cc1. The van der Waals surface area contributed by atoms with Crippen LogP contribution in [0.25, 0.3) is 0 Å². The first-order chi connectivity index (χ1) is 14.9. The molecule has 0 saturated heterocycles. The van der Waals surface area contributed by atoms with E-state index in [1.165, 1.54) is 7.11 Å². The number of aryl methyl sites for hydroxylation is 2. The Morgan fingerprint density at radius 2 is 1.87 bits per heavy atom. The molecule has 160 valence electrons. The molecule has 7 nitrogen and oxygen atoms in total. The van der Waals surface area contributed by atoms with E-state index in [-0.39, 0.29) is 24.3 Å². The molecule has 4 rings (SSSR count). The number of ether oxygens (including phenoxy) is 1. The molecule has 2 aromatic carbocycles. The number of anilines is 2. The van der Waals surface area contributed by atoms with E-state index in [0.29, 0.717) is 16.9 Å². The van der Waals surface area contributed by atoms with Gasteiger partial charge in [-0.2, -0.15) is 0 Å². The van der Waals surface area contributed by atoms with Crippen LogP contribution >= 0.6 is 0 Å². The molecular formula is C24H25N3O4. The minimum atomic E-state index is -0.442. The van der Waals surface area contributed by atoms with Gasteiger partial charge in [-0.25, -0.2) is 4.79 Å². The molecule has 1 atom stereocenters. The molecule has 1 heterocycles. The lowest BCUT2D eigenvalue weighted by atomic mass is 10.0. The van der Waals surface area contributed by atoms with Crippen LogP contribution in [0, 0.1) is 19.8 Å². The summed E-state index contributed by atoms with van der Waals surface area (Å²) in [5.41, 5.74) is 5.41. The van der Waals surface area contributed by atoms with E-state index >= 15 is 0 Å². The van der Waals surface area contributed by atoms with Crippen molar-refractivity contribution in [2.45, 2.75) is 33.1 Å². The molecule has 1 saturated carbocycles. The van der Waals surface area contributed by atoms with Crippen molar-refractivity contribution in [1.29, 1.82) is 0 Å². The lowest BCUT2D eigenvalue weighted by Gasteiger charge is -2.25. The zero-order valence-corrected chi connectivity index (χ0v) is 17.9. The van der Waals surface area contributed by atoms with Crippen molar-refractivity contribution in [3.05, 3.63) is 53.1 Å². The fourth-order valence-electron chi connectivity index (χ4n) is 4.10. The Kier molecular flexibility index (Phi) is 5.59. The van der Waals surface area contributed by atoms with Crippen molar-refractivity contribution in [2.75, 3.05) is 23.9 Å². The van der Waals surface area contributed by atoms with Crippen LogP contribution in [0.5, 0.6) is 0 Å². The first-order valence-electron chi connectivity index (χ1n) is 10.4. The van der Waals surface area contributed by atoms with Crippen molar-refractivity contribution in [3.63, 3.8) is 0 Å². The van der Waals surface area contributed by atoms with Gasteiger partial charge >= 0.3 is 5.97 Å². The third-order valence-corrected chi connectivity index (χ3v) is 5.93. The average Bonchev–Trinajstić information content (AvgIpc) is 3.19. The Hall–Kier alpha value is -3.48. The number of hydrogen-bond donors (Lipinski definition) is 1. The lowest BCUT2D eigenvalue weighted by molar-refractivity contribution is -0.122. The fourth-order valence-corrected chi connectivity index (χ4v) is 4.10. The largest absolute Gasteiger partial charge is 0.465 e. The number of nitrogens with one attached hydrogen (secondary N) is 1. The van der Waals surface area contributed by atoms with Crippen LogP contribution in [0.4, 0.5) is 17.1 Å². The number of amides is 2. The van der Waals surface area contributed by atoms with E-state index in [1.54, 1.807) is 29.2 Å². The minimum Gasteiger partial charge on any atom is -0.465 e. The Morgan fingerprint density at radius 1 is 1.16 bits per heavy atom. The number of fused-ring (bicyclic) bond motifs is 2. The van der Waals surface area contributed by atoms with Crippen LogP contribution in [-0.4, -0.2) is 37.1 Å². The zero-order chi connectivity index (χ0) is 22.1. The highest BCUT2D eigenvalue weighted by atomic mass is 16.5. The maximum atomic E-state index is 13.3. The van der Waals surface area contributed by atoms with Crippen LogP contribution in [0.1, 0.15) is 40.7 Å². The summed E-state index contributed by atoms with van der Waals surface area (Å²) in [6, 6.07) is 10.4. The van der Waals surface area contributed by atoms with Gasteiger partial charge in [0.15, 0.2) is 0 Å². The van der Waals surface area contributed by atoms with Crippen LogP contribution in [0.2, 0.25) is 0 Å². The molecule has 2 amide bonds. The van der Waals surface area contributed by atoms with E-state index in [1.807, 2.05) is 26.0 Å². The summed E-state index contributed by atoms with van der Waals surface area (Å²) in [4.78, 5) is 44.1.